The molecule has 3 rings (SSSR count). The van der Waals surface area contributed by atoms with E-state index in [-0.39, 0.29) is 17.9 Å². The molecular formula is C13H17N3O3. The zero-order valence-corrected chi connectivity index (χ0v) is 10.8. The van der Waals surface area contributed by atoms with E-state index in [0.717, 1.165) is 24.8 Å². The van der Waals surface area contributed by atoms with Crippen LogP contribution in [0, 0.1) is 11.8 Å². The normalized spacial score (nSPS) is 28.6. The Hall–Kier alpha value is -1.85. The van der Waals surface area contributed by atoms with Gasteiger partial charge < -0.3 is 10.4 Å². The van der Waals surface area contributed by atoms with Gasteiger partial charge in [-0.15, -0.1) is 0 Å². The second-order valence-electron chi connectivity index (χ2n) is 5.41. The molecule has 1 fully saturated rings. The fourth-order valence-corrected chi connectivity index (χ4v) is 2.89. The molecular weight excluding hydrogens is 246 g/mol. The standard InChI is InChI=1S/C13H17N3O3/c1-16-11-4-2-3-10(9(11)6-14-16)15-12(17)7-5-8(7)13(18)19/h6-8,10H,2-5H2,1H3,(H,15,17)(H,18,19). The quantitative estimate of drug-likeness (QED) is 0.838. The predicted octanol–water partition coefficient (Wildman–Crippen LogP) is 0.634. The number of carbonyl (C=O) groups excluding carboxylic acids is 1. The molecule has 6 heteroatoms. The Kier molecular flexibility index (Phi) is 2.80. The number of aromatic nitrogens is 2. The smallest absolute Gasteiger partial charge is 0.307 e. The third-order valence-corrected chi connectivity index (χ3v) is 4.14. The largest absolute Gasteiger partial charge is 0.481 e. The molecule has 2 aliphatic carbocycles. The third-order valence-electron chi connectivity index (χ3n) is 4.14. The van der Waals surface area contributed by atoms with Gasteiger partial charge in [0.15, 0.2) is 0 Å². The van der Waals surface area contributed by atoms with Crippen molar-refractivity contribution < 1.29 is 14.7 Å². The number of aliphatic carboxylic acids is 1. The minimum atomic E-state index is -0.870. The van der Waals surface area contributed by atoms with E-state index in [9.17, 15) is 9.59 Å². The first-order valence-electron chi connectivity index (χ1n) is 6.62. The van der Waals surface area contributed by atoms with Gasteiger partial charge in [-0.25, -0.2) is 0 Å². The lowest BCUT2D eigenvalue weighted by Gasteiger charge is -2.23. The van der Waals surface area contributed by atoms with Crippen LogP contribution in [0.4, 0.5) is 0 Å². The molecule has 0 radical (unpaired) electrons. The number of carbonyl (C=O) groups is 2. The minimum absolute atomic E-state index is 0.0139. The lowest BCUT2D eigenvalue weighted by molar-refractivity contribution is -0.140. The van der Waals surface area contributed by atoms with Gasteiger partial charge in [0, 0.05) is 18.3 Å². The van der Waals surface area contributed by atoms with E-state index in [1.54, 1.807) is 6.20 Å². The molecule has 1 heterocycles. The second-order valence-corrected chi connectivity index (χ2v) is 5.41. The number of nitrogens with zero attached hydrogens (tertiary/aromatic N) is 2. The Labute approximate surface area is 110 Å². The summed E-state index contributed by atoms with van der Waals surface area (Å²) in [7, 11) is 1.91. The third kappa shape index (κ3) is 2.11. The molecule has 1 aromatic heterocycles. The zero-order valence-electron chi connectivity index (χ0n) is 10.8. The van der Waals surface area contributed by atoms with Crippen molar-refractivity contribution in [3.63, 3.8) is 0 Å². The molecule has 3 unspecified atom stereocenters. The van der Waals surface area contributed by atoms with E-state index >= 15 is 0 Å². The molecule has 0 aliphatic heterocycles. The van der Waals surface area contributed by atoms with Crippen molar-refractivity contribution in [3.05, 3.63) is 17.5 Å². The Morgan fingerprint density at radius 2 is 2.26 bits per heavy atom. The van der Waals surface area contributed by atoms with Gasteiger partial charge in [0.25, 0.3) is 0 Å². The van der Waals surface area contributed by atoms with Crippen LogP contribution >= 0.6 is 0 Å². The first-order valence-corrected chi connectivity index (χ1v) is 6.62. The van der Waals surface area contributed by atoms with E-state index in [2.05, 4.69) is 10.4 Å². The van der Waals surface area contributed by atoms with Crippen LogP contribution in [0.5, 0.6) is 0 Å². The maximum absolute atomic E-state index is 12.0. The highest BCUT2D eigenvalue weighted by atomic mass is 16.4. The molecule has 1 amide bonds. The zero-order chi connectivity index (χ0) is 13.6. The molecule has 0 bridgehead atoms. The van der Waals surface area contributed by atoms with E-state index in [1.165, 1.54) is 5.69 Å². The average Bonchev–Trinajstić information content (AvgIpc) is 3.10. The van der Waals surface area contributed by atoms with Crippen LogP contribution in [0.3, 0.4) is 0 Å². The summed E-state index contributed by atoms with van der Waals surface area (Å²) in [6.07, 6.45) is 5.17. The molecule has 2 aliphatic rings. The first kappa shape index (κ1) is 12.2. The molecule has 0 aromatic carbocycles. The van der Waals surface area contributed by atoms with E-state index in [4.69, 9.17) is 5.11 Å². The van der Waals surface area contributed by atoms with Crippen molar-refractivity contribution in [1.82, 2.24) is 15.1 Å². The number of hydrogen-bond donors (Lipinski definition) is 2. The highest BCUT2D eigenvalue weighted by Gasteiger charge is 2.48. The number of carboxylic acids is 1. The number of rotatable bonds is 3. The summed E-state index contributed by atoms with van der Waals surface area (Å²) < 4.78 is 1.85. The molecule has 3 atom stereocenters. The van der Waals surface area contributed by atoms with Gasteiger partial charge in [0.1, 0.15) is 0 Å². The van der Waals surface area contributed by atoms with Crippen LogP contribution in [-0.4, -0.2) is 26.8 Å². The van der Waals surface area contributed by atoms with Crippen LogP contribution < -0.4 is 5.32 Å². The van der Waals surface area contributed by atoms with Crippen LogP contribution in [0.25, 0.3) is 0 Å². The highest BCUT2D eigenvalue weighted by Crippen LogP contribution is 2.40. The lowest BCUT2D eigenvalue weighted by Crippen LogP contribution is -2.32. The SMILES string of the molecule is Cn1ncc2c1CCCC2NC(=O)C1CC1C(=O)O. The number of aryl methyl sites for hydroxylation is 1. The first-order chi connectivity index (χ1) is 9.08. The summed E-state index contributed by atoms with van der Waals surface area (Å²) in [6.45, 7) is 0. The summed E-state index contributed by atoms with van der Waals surface area (Å²) in [5.41, 5.74) is 2.25. The minimum Gasteiger partial charge on any atom is -0.481 e. The summed E-state index contributed by atoms with van der Waals surface area (Å²) in [5, 5.41) is 16.1. The molecule has 1 aromatic rings. The number of fused-ring (bicyclic) bond motifs is 1. The Balaban J connectivity index is 1.68. The fourth-order valence-electron chi connectivity index (χ4n) is 2.89. The fraction of sp³-hybridized carbons (Fsp3) is 0.615. The molecule has 19 heavy (non-hydrogen) atoms. The van der Waals surface area contributed by atoms with Gasteiger partial charge in [-0.2, -0.15) is 5.10 Å². The van der Waals surface area contributed by atoms with Gasteiger partial charge in [-0.3, -0.25) is 14.3 Å². The maximum atomic E-state index is 12.0. The van der Waals surface area contributed by atoms with E-state index in [0.29, 0.717) is 6.42 Å². The van der Waals surface area contributed by atoms with Crippen LogP contribution in [0.1, 0.15) is 36.6 Å². The van der Waals surface area contributed by atoms with Gasteiger partial charge in [0.2, 0.25) is 5.91 Å². The molecule has 2 N–H and O–H groups in total. The number of carboxylic acid groups (broad SMARTS) is 1. The van der Waals surface area contributed by atoms with Crippen molar-refractivity contribution in [3.8, 4) is 0 Å². The summed E-state index contributed by atoms with van der Waals surface area (Å²) in [4.78, 5) is 22.8. The van der Waals surface area contributed by atoms with E-state index < -0.39 is 11.9 Å². The van der Waals surface area contributed by atoms with Gasteiger partial charge >= 0.3 is 5.97 Å². The van der Waals surface area contributed by atoms with E-state index in [1.807, 2.05) is 11.7 Å². The Morgan fingerprint density at radius 1 is 1.47 bits per heavy atom. The second kappa shape index (κ2) is 4.36. The lowest BCUT2D eigenvalue weighted by atomic mass is 9.93. The van der Waals surface area contributed by atoms with Crippen LogP contribution in [-0.2, 0) is 23.1 Å². The number of hydrogen-bond acceptors (Lipinski definition) is 3. The molecule has 0 spiro atoms. The Morgan fingerprint density at radius 3 is 2.95 bits per heavy atom. The molecule has 6 nitrogen and oxygen atoms in total. The Bertz CT molecular complexity index is 537. The molecule has 1 saturated carbocycles. The number of amides is 1. The van der Waals surface area contributed by atoms with Crippen molar-refractivity contribution in [2.75, 3.05) is 0 Å². The van der Waals surface area contributed by atoms with Crippen molar-refractivity contribution in [1.29, 1.82) is 0 Å². The maximum Gasteiger partial charge on any atom is 0.307 e. The topological polar surface area (TPSA) is 84.2 Å². The molecule has 102 valence electrons. The van der Waals surface area contributed by atoms with Gasteiger partial charge in [-0.05, 0) is 25.7 Å². The number of nitrogens with one attached hydrogen (secondary N) is 1. The van der Waals surface area contributed by atoms with Crippen molar-refractivity contribution in [2.24, 2.45) is 18.9 Å². The molecule has 0 saturated heterocycles. The average molecular weight is 263 g/mol. The summed E-state index contributed by atoms with van der Waals surface area (Å²) in [5.74, 6) is -1.84. The highest BCUT2D eigenvalue weighted by molar-refractivity contribution is 5.89. The van der Waals surface area contributed by atoms with Crippen LogP contribution in [0.2, 0.25) is 0 Å². The van der Waals surface area contributed by atoms with Gasteiger partial charge in [0.05, 0.1) is 24.1 Å². The van der Waals surface area contributed by atoms with Crippen LogP contribution in [0.15, 0.2) is 6.20 Å². The van der Waals surface area contributed by atoms with Gasteiger partial charge in [-0.1, -0.05) is 0 Å². The summed E-state index contributed by atoms with van der Waals surface area (Å²) in [6, 6.07) is -0.0139. The van der Waals surface area contributed by atoms with Crippen molar-refractivity contribution >= 4 is 11.9 Å². The monoisotopic (exact) mass is 263 g/mol. The predicted molar refractivity (Wildman–Crippen MR) is 66.3 cm³/mol. The summed E-state index contributed by atoms with van der Waals surface area (Å²) >= 11 is 0. The van der Waals surface area contributed by atoms with Crippen molar-refractivity contribution in [2.45, 2.75) is 31.7 Å².